The maximum absolute atomic E-state index is 12.8. The second-order valence-corrected chi connectivity index (χ2v) is 5.48. The maximum Gasteiger partial charge on any atom is 0.123 e. The van der Waals surface area contributed by atoms with E-state index in [0.717, 1.165) is 5.92 Å². The molecule has 0 nitrogen and oxygen atoms in total. The molecule has 0 aliphatic carbocycles. The van der Waals surface area contributed by atoms with Crippen molar-refractivity contribution in [1.29, 1.82) is 0 Å². The predicted octanol–water partition coefficient (Wildman–Crippen LogP) is 6.56. The normalized spacial score (nSPS) is 11.9. The molecule has 19 heavy (non-hydrogen) atoms. The highest BCUT2D eigenvalue weighted by atomic mass is 19.1. The molecule has 1 aromatic rings. The van der Waals surface area contributed by atoms with Gasteiger partial charge in [0.1, 0.15) is 5.82 Å². The van der Waals surface area contributed by atoms with E-state index in [1.54, 1.807) is 12.1 Å². The molecular weight excluding hydrogens is 235 g/mol. The van der Waals surface area contributed by atoms with Crippen molar-refractivity contribution >= 4 is 0 Å². The molecule has 0 aromatic heterocycles. The first-order valence-corrected chi connectivity index (χ1v) is 7.85. The Hall–Kier alpha value is -0.850. The van der Waals surface area contributed by atoms with Gasteiger partial charge in [-0.3, -0.25) is 0 Å². The fraction of sp³-hybridized carbons (Fsp3) is 0.667. The zero-order chi connectivity index (χ0) is 14.7. The van der Waals surface area contributed by atoms with Crippen molar-refractivity contribution in [1.82, 2.24) is 0 Å². The molecule has 0 amide bonds. The third kappa shape index (κ3) is 8.80. The van der Waals surface area contributed by atoms with E-state index in [2.05, 4.69) is 20.8 Å². The van der Waals surface area contributed by atoms with Crippen LogP contribution in [0, 0.1) is 11.7 Å². The van der Waals surface area contributed by atoms with Crippen LogP contribution in [0.3, 0.4) is 0 Å². The van der Waals surface area contributed by atoms with Gasteiger partial charge >= 0.3 is 0 Å². The molecule has 110 valence electrons. The van der Waals surface area contributed by atoms with Gasteiger partial charge in [-0.25, -0.2) is 4.39 Å². The fourth-order valence-corrected chi connectivity index (χ4v) is 2.14. The SMILES string of the molecule is CC.CC(C)CCCCCC(C)c1ccc(F)cc1. The lowest BCUT2D eigenvalue weighted by atomic mass is 9.94. The second-order valence-electron chi connectivity index (χ2n) is 5.48. The van der Waals surface area contributed by atoms with Crippen molar-refractivity contribution in [2.75, 3.05) is 0 Å². The molecule has 1 heteroatoms. The van der Waals surface area contributed by atoms with Gasteiger partial charge in [-0.05, 0) is 36.0 Å². The summed E-state index contributed by atoms with van der Waals surface area (Å²) in [4.78, 5) is 0. The van der Waals surface area contributed by atoms with Crippen molar-refractivity contribution in [3.63, 3.8) is 0 Å². The third-order valence-electron chi connectivity index (χ3n) is 3.36. The Balaban J connectivity index is 0.00000154. The molecule has 0 fully saturated rings. The van der Waals surface area contributed by atoms with Crippen LogP contribution in [0.25, 0.3) is 0 Å². The highest BCUT2D eigenvalue weighted by molar-refractivity contribution is 5.19. The Labute approximate surface area is 119 Å². The first kappa shape index (κ1) is 18.1. The molecule has 0 saturated carbocycles. The van der Waals surface area contributed by atoms with Crippen LogP contribution in [-0.2, 0) is 0 Å². The zero-order valence-corrected chi connectivity index (χ0v) is 13.4. The molecule has 0 radical (unpaired) electrons. The fourth-order valence-electron chi connectivity index (χ4n) is 2.14. The van der Waals surface area contributed by atoms with Gasteiger partial charge < -0.3 is 0 Å². The van der Waals surface area contributed by atoms with Crippen molar-refractivity contribution in [2.24, 2.45) is 5.92 Å². The second kappa shape index (κ2) is 11.0. The summed E-state index contributed by atoms with van der Waals surface area (Å²) >= 11 is 0. The minimum Gasteiger partial charge on any atom is -0.207 e. The van der Waals surface area contributed by atoms with Crippen LogP contribution in [0.4, 0.5) is 4.39 Å². The number of benzene rings is 1. The summed E-state index contributed by atoms with van der Waals surface area (Å²) in [5.41, 5.74) is 1.26. The van der Waals surface area contributed by atoms with Crippen LogP contribution in [-0.4, -0.2) is 0 Å². The van der Waals surface area contributed by atoms with Gasteiger partial charge in [0, 0.05) is 0 Å². The number of hydrogen-bond acceptors (Lipinski definition) is 0. The molecule has 0 aliphatic heterocycles. The smallest absolute Gasteiger partial charge is 0.123 e. The molecule has 1 atom stereocenters. The number of hydrogen-bond donors (Lipinski definition) is 0. The summed E-state index contributed by atoms with van der Waals surface area (Å²) < 4.78 is 12.8. The van der Waals surface area contributed by atoms with Gasteiger partial charge in [-0.2, -0.15) is 0 Å². The van der Waals surface area contributed by atoms with Crippen molar-refractivity contribution in [3.05, 3.63) is 35.6 Å². The lowest BCUT2D eigenvalue weighted by Gasteiger charge is -2.12. The molecule has 1 unspecified atom stereocenters. The molecule has 0 aliphatic rings. The Morgan fingerprint density at radius 2 is 1.37 bits per heavy atom. The summed E-state index contributed by atoms with van der Waals surface area (Å²) in [6.07, 6.45) is 6.50. The largest absolute Gasteiger partial charge is 0.207 e. The van der Waals surface area contributed by atoms with Crippen molar-refractivity contribution < 1.29 is 4.39 Å². The van der Waals surface area contributed by atoms with Crippen LogP contribution < -0.4 is 0 Å². The van der Waals surface area contributed by atoms with Crippen LogP contribution in [0.1, 0.15) is 78.2 Å². The minimum absolute atomic E-state index is 0.141. The van der Waals surface area contributed by atoms with Gasteiger partial charge in [0.2, 0.25) is 0 Å². The molecule has 0 spiro atoms. The zero-order valence-electron chi connectivity index (χ0n) is 13.4. The Morgan fingerprint density at radius 1 is 0.842 bits per heavy atom. The van der Waals surface area contributed by atoms with E-state index in [9.17, 15) is 4.39 Å². The monoisotopic (exact) mass is 266 g/mol. The van der Waals surface area contributed by atoms with Gasteiger partial charge in [0.05, 0.1) is 0 Å². The Morgan fingerprint density at radius 3 is 1.89 bits per heavy atom. The quantitative estimate of drug-likeness (QED) is 0.490. The minimum atomic E-state index is -0.141. The van der Waals surface area contributed by atoms with Crippen LogP contribution in [0.2, 0.25) is 0 Å². The van der Waals surface area contributed by atoms with Crippen molar-refractivity contribution in [2.45, 2.75) is 72.6 Å². The van der Waals surface area contributed by atoms with E-state index < -0.39 is 0 Å². The van der Waals surface area contributed by atoms with Gasteiger partial charge in [0.15, 0.2) is 0 Å². The van der Waals surface area contributed by atoms with Crippen molar-refractivity contribution in [3.8, 4) is 0 Å². The van der Waals surface area contributed by atoms with Crippen LogP contribution in [0.5, 0.6) is 0 Å². The first-order chi connectivity index (χ1) is 9.09. The van der Waals surface area contributed by atoms with E-state index in [1.807, 2.05) is 26.0 Å². The van der Waals surface area contributed by atoms with Crippen LogP contribution >= 0.6 is 0 Å². The number of halogens is 1. The highest BCUT2D eigenvalue weighted by Crippen LogP contribution is 2.22. The Kier molecular flexibility index (Phi) is 10.5. The average molecular weight is 266 g/mol. The molecule has 0 N–H and O–H groups in total. The maximum atomic E-state index is 12.8. The first-order valence-electron chi connectivity index (χ1n) is 7.85. The van der Waals surface area contributed by atoms with E-state index >= 15 is 0 Å². The summed E-state index contributed by atoms with van der Waals surface area (Å²) in [5.74, 6) is 1.23. The lowest BCUT2D eigenvalue weighted by molar-refractivity contribution is 0.507. The highest BCUT2D eigenvalue weighted by Gasteiger charge is 2.05. The van der Waals surface area contributed by atoms with E-state index in [-0.39, 0.29) is 5.82 Å². The molecule has 0 saturated heterocycles. The van der Waals surface area contributed by atoms with E-state index in [0.29, 0.717) is 5.92 Å². The third-order valence-corrected chi connectivity index (χ3v) is 3.36. The van der Waals surface area contributed by atoms with Gasteiger partial charge in [0.25, 0.3) is 0 Å². The van der Waals surface area contributed by atoms with E-state index in [4.69, 9.17) is 0 Å². The predicted molar refractivity (Wildman–Crippen MR) is 84.1 cm³/mol. The lowest BCUT2D eigenvalue weighted by Crippen LogP contribution is -1.94. The standard InChI is InChI=1S/C16H25F.C2H6/c1-13(2)7-5-4-6-8-14(3)15-9-11-16(17)12-10-15;1-2/h9-14H,4-8H2,1-3H3;1-2H3. The summed E-state index contributed by atoms with van der Waals surface area (Å²) in [6.45, 7) is 10.8. The molecule has 0 bridgehead atoms. The molecule has 0 heterocycles. The summed E-state index contributed by atoms with van der Waals surface area (Å²) in [5, 5.41) is 0. The number of unbranched alkanes of at least 4 members (excludes halogenated alkanes) is 2. The summed E-state index contributed by atoms with van der Waals surface area (Å²) in [7, 11) is 0. The number of rotatable bonds is 7. The van der Waals surface area contributed by atoms with E-state index in [1.165, 1.54) is 37.7 Å². The van der Waals surface area contributed by atoms with Gasteiger partial charge in [-0.15, -0.1) is 0 Å². The van der Waals surface area contributed by atoms with Gasteiger partial charge in [-0.1, -0.05) is 72.4 Å². The Bertz CT molecular complexity index is 300. The average Bonchev–Trinajstić information content (AvgIpc) is 2.41. The molecule has 1 aromatic carbocycles. The molecule has 1 rings (SSSR count). The molecular formula is C18H31F. The topological polar surface area (TPSA) is 0 Å². The summed E-state index contributed by atoms with van der Waals surface area (Å²) in [6, 6.07) is 6.94. The van der Waals surface area contributed by atoms with Crippen LogP contribution in [0.15, 0.2) is 24.3 Å².